The molecule has 21 heavy (non-hydrogen) atoms. The van der Waals surface area contributed by atoms with Crippen molar-refractivity contribution in [1.29, 1.82) is 0 Å². The first-order valence-electron chi connectivity index (χ1n) is 7.16. The van der Waals surface area contributed by atoms with Crippen molar-refractivity contribution in [2.45, 2.75) is 31.3 Å². The number of aliphatic hydroxyl groups is 1. The van der Waals surface area contributed by atoms with Crippen LogP contribution in [-0.4, -0.2) is 16.2 Å². The Morgan fingerprint density at radius 2 is 1.71 bits per heavy atom. The monoisotopic (exact) mass is 282 g/mol. The Labute approximate surface area is 123 Å². The number of aliphatic carboxylic acids is 1. The third kappa shape index (κ3) is 2.34. The minimum atomic E-state index is -0.822. The summed E-state index contributed by atoms with van der Waals surface area (Å²) in [5.41, 5.74) is 3.11. The number of carboxylic acids is 1. The van der Waals surface area contributed by atoms with E-state index < -0.39 is 11.4 Å². The van der Waals surface area contributed by atoms with Crippen LogP contribution in [0.5, 0.6) is 0 Å². The smallest absolute Gasteiger partial charge is 0.314 e. The first-order chi connectivity index (χ1) is 10.2. The largest absolute Gasteiger partial charge is 0.481 e. The van der Waals surface area contributed by atoms with E-state index in [1.165, 1.54) is 0 Å². The van der Waals surface area contributed by atoms with E-state index in [4.69, 9.17) is 5.11 Å². The maximum Gasteiger partial charge on any atom is 0.314 e. The second-order valence-corrected chi connectivity index (χ2v) is 5.70. The number of carbonyl (C=O) groups is 1. The normalized spacial score (nSPS) is 20.2. The van der Waals surface area contributed by atoms with Gasteiger partial charge < -0.3 is 10.2 Å². The molecule has 0 amide bonds. The third-order valence-electron chi connectivity index (χ3n) is 4.47. The summed E-state index contributed by atoms with van der Waals surface area (Å²) < 4.78 is 0. The highest BCUT2D eigenvalue weighted by molar-refractivity contribution is 5.83. The van der Waals surface area contributed by atoms with Gasteiger partial charge in [0.25, 0.3) is 0 Å². The van der Waals surface area contributed by atoms with Gasteiger partial charge in [-0.3, -0.25) is 4.79 Å². The lowest BCUT2D eigenvalue weighted by atomic mass is 9.76. The van der Waals surface area contributed by atoms with Gasteiger partial charge in [-0.15, -0.1) is 0 Å². The van der Waals surface area contributed by atoms with Crippen LogP contribution in [0.2, 0.25) is 0 Å². The summed E-state index contributed by atoms with van der Waals surface area (Å²) >= 11 is 0. The van der Waals surface area contributed by atoms with E-state index in [0.29, 0.717) is 12.8 Å². The van der Waals surface area contributed by atoms with Crippen LogP contribution in [0, 0.1) is 0 Å². The SMILES string of the molecule is O=C(O)C1(Cc2ccc(CO)cc2)CCc2ccccc21. The second-order valence-electron chi connectivity index (χ2n) is 5.70. The molecule has 1 atom stereocenters. The minimum absolute atomic E-state index is 0.00713. The molecular weight excluding hydrogens is 264 g/mol. The van der Waals surface area contributed by atoms with Gasteiger partial charge in [0.1, 0.15) is 0 Å². The van der Waals surface area contributed by atoms with Crippen molar-refractivity contribution in [3.63, 3.8) is 0 Å². The van der Waals surface area contributed by atoms with Crippen LogP contribution < -0.4 is 0 Å². The Kier molecular flexibility index (Phi) is 3.52. The predicted molar refractivity (Wildman–Crippen MR) is 80.1 cm³/mol. The van der Waals surface area contributed by atoms with Gasteiger partial charge in [-0.25, -0.2) is 0 Å². The number of carboxylic acid groups (broad SMARTS) is 1. The second kappa shape index (κ2) is 5.34. The standard InChI is InChI=1S/C18H18O3/c19-12-14-7-5-13(6-8-14)11-18(17(20)21)10-9-15-3-1-2-4-16(15)18/h1-8,19H,9-12H2,(H,20,21). The fraction of sp³-hybridized carbons (Fsp3) is 0.278. The fourth-order valence-electron chi connectivity index (χ4n) is 3.28. The topological polar surface area (TPSA) is 57.5 Å². The third-order valence-corrected chi connectivity index (χ3v) is 4.47. The van der Waals surface area contributed by atoms with Gasteiger partial charge in [-0.1, -0.05) is 48.5 Å². The Hall–Kier alpha value is -2.13. The molecule has 3 nitrogen and oxygen atoms in total. The molecule has 3 heteroatoms. The minimum Gasteiger partial charge on any atom is -0.481 e. The quantitative estimate of drug-likeness (QED) is 0.906. The van der Waals surface area contributed by atoms with Gasteiger partial charge in [0.05, 0.1) is 12.0 Å². The molecule has 0 aromatic heterocycles. The number of benzene rings is 2. The molecule has 1 unspecified atom stereocenters. The van der Waals surface area contributed by atoms with Crippen molar-refractivity contribution in [3.8, 4) is 0 Å². The summed E-state index contributed by atoms with van der Waals surface area (Å²) in [6.45, 7) is 0.00713. The molecule has 0 spiro atoms. The molecule has 2 aromatic rings. The Morgan fingerprint density at radius 3 is 2.38 bits per heavy atom. The molecule has 1 aliphatic carbocycles. The molecule has 3 rings (SSSR count). The van der Waals surface area contributed by atoms with Crippen LogP contribution in [0.4, 0.5) is 0 Å². The maximum atomic E-state index is 12.0. The van der Waals surface area contributed by atoms with Crippen LogP contribution >= 0.6 is 0 Å². The maximum absolute atomic E-state index is 12.0. The van der Waals surface area contributed by atoms with Crippen molar-refractivity contribution in [2.24, 2.45) is 0 Å². The van der Waals surface area contributed by atoms with Gasteiger partial charge in [-0.2, -0.15) is 0 Å². The number of aryl methyl sites for hydroxylation is 1. The average molecular weight is 282 g/mol. The Morgan fingerprint density at radius 1 is 1.05 bits per heavy atom. The van der Waals surface area contributed by atoms with E-state index in [1.54, 1.807) is 0 Å². The Balaban J connectivity index is 1.98. The molecule has 1 aliphatic rings. The van der Waals surface area contributed by atoms with Crippen LogP contribution in [0.15, 0.2) is 48.5 Å². The number of hydrogen-bond donors (Lipinski definition) is 2. The molecule has 2 aromatic carbocycles. The highest BCUT2D eigenvalue weighted by atomic mass is 16.4. The van der Waals surface area contributed by atoms with Gasteiger partial charge in [0, 0.05) is 0 Å². The lowest BCUT2D eigenvalue weighted by molar-refractivity contribution is -0.143. The molecule has 0 saturated heterocycles. The summed E-state index contributed by atoms with van der Waals surface area (Å²) in [6, 6.07) is 15.4. The van der Waals surface area contributed by atoms with Crippen molar-refractivity contribution in [3.05, 3.63) is 70.8 Å². The van der Waals surface area contributed by atoms with Crippen LogP contribution in [-0.2, 0) is 29.7 Å². The van der Waals surface area contributed by atoms with Crippen LogP contribution in [0.3, 0.4) is 0 Å². The molecule has 0 radical (unpaired) electrons. The van der Waals surface area contributed by atoms with Crippen LogP contribution in [0.1, 0.15) is 28.7 Å². The molecular formula is C18H18O3. The van der Waals surface area contributed by atoms with Gasteiger partial charge in [-0.05, 0) is 41.5 Å². The molecule has 2 N–H and O–H groups in total. The van der Waals surface area contributed by atoms with E-state index >= 15 is 0 Å². The lowest BCUT2D eigenvalue weighted by Crippen LogP contribution is -2.35. The molecule has 0 heterocycles. The first kappa shape index (κ1) is 13.8. The summed E-state index contributed by atoms with van der Waals surface area (Å²) in [7, 11) is 0. The average Bonchev–Trinajstić information content (AvgIpc) is 2.88. The van der Waals surface area contributed by atoms with Gasteiger partial charge >= 0.3 is 5.97 Å². The summed E-state index contributed by atoms with van der Waals surface area (Å²) in [5.74, 6) is -0.751. The molecule has 0 bridgehead atoms. The zero-order chi connectivity index (χ0) is 14.9. The van der Waals surface area contributed by atoms with Gasteiger partial charge in [0.2, 0.25) is 0 Å². The number of aliphatic hydroxyl groups excluding tert-OH is 1. The summed E-state index contributed by atoms with van der Waals surface area (Å²) in [5, 5.41) is 18.9. The Bertz CT molecular complexity index is 660. The lowest BCUT2D eigenvalue weighted by Gasteiger charge is -2.26. The molecule has 0 aliphatic heterocycles. The van der Waals surface area contributed by atoms with Crippen molar-refractivity contribution >= 4 is 5.97 Å². The highest BCUT2D eigenvalue weighted by Crippen LogP contribution is 2.41. The number of rotatable bonds is 4. The van der Waals surface area contributed by atoms with Crippen LogP contribution in [0.25, 0.3) is 0 Å². The fourth-order valence-corrected chi connectivity index (χ4v) is 3.28. The predicted octanol–water partition coefficient (Wildman–Crippen LogP) is 2.69. The van der Waals surface area contributed by atoms with Gasteiger partial charge in [0.15, 0.2) is 0 Å². The van der Waals surface area contributed by atoms with E-state index in [1.807, 2.05) is 48.5 Å². The highest BCUT2D eigenvalue weighted by Gasteiger charge is 2.45. The molecule has 0 saturated carbocycles. The number of fused-ring (bicyclic) bond motifs is 1. The van der Waals surface area contributed by atoms with E-state index in [-0.39, 0.29) is 6.61 Å². The summed E-state index contributed by atoms with van der Waals surface area (Å²) in [6.07, 6.45) is 1.95. The number of hydrogen-bond acceptors (Lipinski definition) is 2. The summed E-state index contributed by atoms with van der Waals surface area (Å²) in [4.78, 5) is 12.0. The molecule has 0 fully saturated rings. The van der Waals surface area contributed by atoms with E-state index in [2.05, 4.69) is 0 Å². The van der Waals surface area contributed by atoms with Crippen molar-refractivity contribution < 1.29 is 15.0 Å². The van der Waals surface area contributed by atoms with Crippen molar-refractivity contribution in [2.75, 3.05) is 0 Å². The van der Waals surface area contributed by atoms with Crippen molar-refractivity contribution in [1.82, 2.24) is 0 Å². The molecule has 108 valence electrons. The first-order valence-corrected chi connectivity index (χ1v) is 7.16. The zero-order valence-corrected chi connectivity index (χ0v) is 11.7. The van der Waals surface area contributed by atoms with E-state index in [0.717, 1.165) is 28.7 Å². The zero-order valence-electron chi connectivity index (χ0n) is 11.7. The van der Waals surface area contributed by atoms with E-state index in [9.17, 15) is 9.90 Å².